The van der Waals surface area contributed by atoms with Crippen molar-refractivity contribution in [2.75, 3.05) is 6.61 Å². The van der Waals surface area contributed by atoms with Gasteiger partial charge >= 0.3 is 11.7 Å². The lowest BCUT2D eigenvalue weighted by Crippen LogP contribution is -2.32. The largest absolute Gasteiger partial charge is 0.481 e. The van der Waals surface area contributed by atoms with Crippen LogP contribution in [0, 0.1) is 0 Å². The SMILES string of the molecule is O=C(O)COc1ccc2ccccc2c1C=Nn1c(=O)[nH]c2ccccc2c1=O. The lowest BCUT2D eigenvalue weighted by molar-refractivity contribution is -0.139. The van der Waals surface area contributed by atoms with Gasteiger partial charge in [0.05, 0.1) is 17.1 Å². The molecule has 0 bridgehead atoms. The fraction of sp³-hybridized carbons (Fsp3) is 0.0476. The summed E-state index contributed by atoms with van der Waals surface area (Å²) in [5.74, 6) is -0.844. The van der Waals surface area contributed by atoms with Crippen molar-refractivity contribution in [2.45, 2.75) is 0 Å². The molecule has 4 rings (SSSR count). The Morgan fingerprint density at radius 2 is 1.76 bits per heavy atom. The maximum Gasteiger partial charge on any atom is 0.349 e. The number of H-pyrrole nitrogens is 1. The first kappa shape index (κ1) is 18.2. The summed E-state index contributed by atoms with van der Waals surface area (Å²) in [5.41, 5.74) is -0.361. The number of aromatic nitrogens is 2. The summed E-state index contributed by atoms with van der Waals surface area (Å²) < 4.78 is 6.09. The van der Waals surface area contributed by atoms with E-state index in [4.69, 9.17) is 9.84 Å². The molecule has 8 nitrogen and oxygen atoms in total. The highest BCUT2D eigenvalue weighted by atomic mass is 16.5. The van der Waals surface area contributed by atoms with Crippen LogP contribution in [0.2, 0.25) is 0 Å². The lowest BCUT2D eigenvalue weighted by Gasteiger charge is -2.10. The molecule has 0 saturated carbocycles. The van der Waals surface area contributed by atoms with Gasteiger partial charge in [0, 0.05) is 5.56 Å². The normalized spacial score (nSPS) is 11.3. The van der Waals surface area contributed by atoms with E-state index in [1.807, 2.05) is 24.3 Å². The number of carboxylic acid groups (broad SMARTS) is 1. The molecule has 144 valence electrons. The van der Waals surface area contributed by atoms with Crippen LogP contribution >= 0.6 is 0 Å². The molecule has 0 aliphatic carbocycles. The zero-order valence-electron chi connectivity index (χ0n) is 15.0. The van der Waals surface area contributed by atoms with Crippen molar-refractivity contribution in [2.24, 2.45) is 5.10 Å². The van der Waals surface area contributed by atoms with Crippen LogP contribution in [0.15, 0.2) is 75.4 Å². The summed E-state index contributed by atoms with van der Waals surface area (Å²) >= 11 is 0. The Morgan fingerprint density at radius 1 is 1.03 bits per heavy atom. The Balaban J connectivity index is 1.87. The molecule has 0 atom stereocenters. The third-order valence-corrected chi connectivity index (χ3v) is 4.37. The monoisotopic (exact) mass is 389 g/mol. The van der Waals surface area contributed by atoms with Gasteiger partial charge in [0.1, 0.15) is 5.75 Å². The first-order valence-electron chi connectivity index (χ1n) is 8.69. The second-order valence-corrected chi connectivity index (χ2v) is 6.22. The smallest absolute Gasteiger partial charge is 0.349 e. The van der Waals surface area contributed by atoms with Crippen LogP contribution in [0.25, 0.3) is 21.7 Å². The number of nitrogens with zero attached hydrogens (tertiary/aromatic N) is 2. The number of hydrogen-bond acceptors (Lipinski definition) is 5. The minimum atomic E-state index is -1.12. The third-order valence-electron chi connectivity index (χ3n) is 4.37. The van der Waals surface area contributed by atoms with E-state index < -0.39 is 23.8 Å². The molecule has 4 aromatic rings. The van der Waals surface area contributed by atoms with Gasteiger partial charge in [-0.1, -0.05) is 42.5 Å². The van der Waals surface area contributed by atoms with Gasteiger partial charge in [-0.3, -0.25) is 4.79 Å². The Labute approximate surface area is 163 Å². The van der Waals surface area contributed by atoms with Crippen molar-refractivity contribution in [1.29, 1.82) is 0 Å². The molecule has 0 fully saturated rings. The van der Waals surface area contributed by atoms with Crippen LogP contribution in [0.5, 0.6) is 5.75 Å². The van der Waals surface area contributed by atoms with Gasteiger partial charge in [0.25, 0.3) is 5.56 Å². The average molecular weight is 389 g/mol. The topological polar surface area (TPSA) is 114 Å². The van der Waals surface area contributed by atoms with Crippen LogP contribution in [0.4, 0.5) is 0 Å². The van der Waals surface area contributed by atoms with Crippen LogP contribution < -0.4 is 16.0 Å². The van der Waals surface area contributed by atoms with E-state index in [2.05, 4.69) is 10.1 Å². The van der Waals surface area contributed by atoms with Gasteiger partial charge in [-0.05, 0) is 29.0 Å². The number of aliphatic carboxylic acids is 1. The van der Waals surface area contributed by atoms with Crippen LogP contribution in [0.1, 0.15) is 5.56 Å². The number of carboxylic acids is 1. The maximum atomic E-state index is 12.7. The number of rotatable bonds is 5. The third kappa shape index (κ3) is 3.51. The molecule has 1 aromatic heterocycles. The van der Waals surface area contributed by atoms with Gasteiger partial charge in [-0.2, -0.15) is 5.10 Å². The summed E-state index contributed by atoms with van der Waals surface area (Å²) in [7, 11) is 0. The molecule has 0 spiro atoms. The molecule has 0 aliphatic heterocycles. The van der Waals surface area contributed by atoms with E-state index in [9.17, 15) is 14.4 Å². The van der Waals surface area contributed by atoms with Crippen LogP contribution in [0.3, 0.4) is 0 Å². The van der Waals surface area contributed by atoms with Gasteiger partial charge in [0.15, 0.2) is 6.61 Å². The number of ether oxygens (including phenoxy) is 1. The molecule has 0 amide bonds. The summed E-state index contributed by atoms with van der Waals surface area (Å²) in [4.78, 5) is 38.5. The summed E-state index contributed by atoms with van der Waals surface area (Å²) in [6.45, 7) is -0.532. The van der Waals surface area contributed by atoms with E-state index in [1.165, 1.54) is 6.21 Å². The van der Waals surface area contributed by atoms with E-state index in [0.29, 0.717) is 16.5 Å². The maximum absolute atomic E-state index is 12.7. The number of para-hydroxylation sites is 1. The Hall–Kier alpha value is -4.20. The van der Waals surface area contributed by atoms with Gasteiger partial charge in [0.2, 0.25) is 0 Å². The Bertz CT molecular complexity index is 1380. The van der Waals surface area contributed by atoms with Crippen LogP contribution in [-0.4, -0.2) is 33.6 Å². The zero-order valence-corrected chi connectivity index (χ0v) is 15.0. The van der Waals surface area contributed by atoms with Crippen LogP contribution in [-0.2, 0) is 4.79 Å². The van der Waals surface area contributed by atoms with E-state index in [-0.39, 0.29) is 5.75 Å². The van der Waals surface area contributed by atoms with Crippen molar-refractivity contribution in [3.63, 3.8) is 0 Å². The molecule has 0 aliphatic rings. The first-order valence-corrected chi connectivity index (χ1v) is 8.69. The first-order chi connectivity index (χ1) is 14.0. The molecule has 1 heterocycles. The van der Waals surface area contributed by atoms with Crippen molar-refractivity contribution in [1.82, 2.24) is 9.66 Å². The molecule has 0 saturated heterocycles. The minimum absolute atomic E-state index is 0.278. The molecule has 3 aromatic carbocycles. The molecule has 2 N–H and O–H groups in total. The highest BCUT2D eigenvalue weighted by molar-refractivity contribution is 6.02. The second kappa shape index (κ2) is 7.43. The molecular weight excluding hydrogens is 374 g/mol. The number of benzene rings is 3. The minimum Gasteiger partial charge on any atom is -0.481 e. The zero-order chi connectivity index (χ0) is 20.4. The molecule has 0 radical (unpaired) electrons. The van der Waals surface area contributed by atoms with Crippen molar-refractivity contribution in [3.05, 3.63) is 87.1 Å². The number of aromatic amines is 1. The number of nitrogens with one attached hydrogen (secondary N) is 1. The summed E-state index contributed by atoms with van der Waals surface area (Å²) in [6.07, 6.45) is 1.32. The predicted molar refractivity (Wildman–Crippen MR) is 109 cm³/mol. The molecule has 0 unspecified atom stereocenters. The fourth-order valence-electron chi connectivity index (χ4n) is 3.05. The van der Waals surface area contributed by atoms with Gasteiger partial charge in [-0.15, -0.1) is 4.68 Å². The van der Waals surface area contributed by atoms with Crippen molar-refractivity contribution < 1.29 is 14.6 Å². The van der Waals surface area contributed by atoms with E-state index >= 15 is 0 Å². The lowest BCUT2D eigenvalue weighted by atomic mass is 10.0. The number of carbonyl (C=O) groups is 1. The highest BCUT2D eigenvalue weighted by Gasteiger charge is 2.10. The van der Waals surface area contributed by atoms with Crippen molar-refractivity contribution >= 4 is 33.9 Å². The summed E-state index contributed by atoms with van der Waals surface area (Å²) in [6, 6.07) is 17.4. The average Bonchev–Trinajstić information content (AvgIpc) is 2.72. The molecule has 29 heavy (non-hydrogen) atoms. The predicted octanol–water partition coefficient (Wildman–Crippen LogP) is 2.19. The Kier molecular flexibility index (Phi) is 4.66. The summed E-state index contributed by atoms with van der Waals surface area (Å²) in [5, 5.41) is 14.9. The highest BCUT2D eigenvalue weighted by Crippen LogP contribution is 2.26. The number of hydrogen-bond donors (Lipinski definition) is 2. The van der Waals surface area contributed by atoms with Gasteiger partial charge < -0.3 is 14.8 Å². The Morgan fingerprint density at radius 3 is 2.55 bits per heavy atom. The van der Waals surface area contributed by atoms with Crippen molar-refractivity contribution in [3.8, 4) is 5.75 Å². The second-order valence-electron chi connectivity index (χ2n) is 6.22. The quantitative estimate of drug-likeness (QED) is 0.508. The number of fused-ring (bicyclic) bond motifs is 2. The van der Waals surface area contributed by atoms with E-state index in [1.54, 1.807) is 36.4 Å². The fourth-order valence-corrected chi connectivity index (χ4v) is 3.05. The molecular formula is C21H15N3O5. The standard InChI is InChI=1S/C21H15N3O5/c25-19(26)12-29-18-10-9-13-5-1-2-6-14(13)16(18)11-22-24-20(27)15-7-3-4-8-17(15)23-21(24)28/h1-11H,12H2,(H,23,28)(H,25,26). The van der Waals surface area contributed by atoms with E-state index in [0.717, 1.165) is 15.4 Å². The molecule has 8 heteroatoms. The van der Waals surface area contributed by atoms with Gasteiger partial charge in [-0.25, -0.2) is 9.59 Å².